The van der Waals surface area contributed by atoms with Crippen molar-refractivity contribution in [3.63, 3.8) is 0 Å². The highest BCUT2D eigenvalue weighted by Gasteiger charge is 2.36. The van der Waals surface area contributed by atoms with Gasteiger partial charge >= 0.3 is 0 Å². The Bertz CT molecular complexity index is 1340. The summed E-state index contributed by atoms with van der Waals surface area (Å²) in [5.41, 5.74) is 2.98. The van der Waals surface area contributed by atoms with Gasteiger partial charge in [0, 0.05) is 24.2 Å². The number of nitrogens with zero attached hydrogens (tertiary/aromatic N) is 3. The number of carbonyl (C=O) groups excluding carboxylic acids is 1. The predicted octanol–water partition coefficient (Wildman–Crippen LogP) is 4.34. The minimum atomic E-state index is -0.391. The second-order valence-electron chi connectivity index (χ2n) is 7.37. The lowest BCUT2D eigenvalue weighted by Crippen LogP contribution is -2.29. The van der Waals surface area contributed by atoms with Crippen LogP contribution in [0.5, 0.6) is 0 Å². The van der Waals surface area contributed by atoms with Crippen molar-refractivity contribution >= 4 is 34.1 Å². The maximum atomic E-state index is 13.4. The van der Waals surface area contributed by atoms with Gasteiger partial charge in [0.15, 0.2) is 0 Å². The summed E-state index contributed by atoms with van der Waals surface area (Å²) in [6.07, 6.45) is 0.322. The van der Waals surface area contributed by atoms with Crippen molar-refractivity contribution in [2.75, 3.05) is 11.9 Å². The molecule has 148 valence electrons. The molecule has 0 unspecified atom stereocenters. The van der Waals surface area contributed by atoms with Crippen LogP contribution in [-0.2, 0) is 11.2 Å². The Kier molecular flexibility index (Phi) is 4.40. The zero-order valence-corrected chi connectivity index (χ0v) is 17.0. The number of halogens is 1. The molecular weight excluding hydrogens is 398 g/mol. The summed E-state index contributed by atoms with van der Waals surface area (Å²) in [6, 6.07) is 22.1. The molecule has 1 amide bonds. The van der Waals surface area contributed by atoms with Crippen molar-refractivity contribution in [1.29, 1.82) is 0 Å². The molecule has 0 aliphatic carbocycles. The van der Waals surface area contributed by atoms with Gasteiger partial charge in [0.05, 0.1) is 22.5 Å². The maximum absolute atomic E-state index is 13.4. The van der Waals surface area contributed by atoms with Crippen LogP contribution in [0.25, 0.3) is 16.6 Å². The third-order valence-electron chi connectivity index (χ3n) is 5.62. The topological polar surface area (TPSA) is 55.2 Å². The summed E-state index contributed by atoms with van der Waals surface area (Å²) in [6.45, 7) is 0. The number of aromatic nitrogens is 2. The fourth-order valence-corrected chi connectivity index (χ4v) is 4.25. The van der Waals surface area contributed by atoms with Gasteiger partial charge in [-0.2, -0.15) is 0 Å². The highest BCUT2D eigenvalue weighted by atomic mass is 35.5. The number of benzene rings is 3. The first kappa shape index (κ1) is 18.6. The second kappa shape index (κ2) is 7.11. The van der Waals surface area contributed by atoms with Gasteiger partial charge in [-0.3, -0.25) is 14.2 Å². The molecule has 0 spiro atoms. The zero-order valence-electron chi connectivity index (χ0n) is 16.2. The van der Waals surface area contributed by atoms with Gasteiger partial charge in [0.25, 0.3) is 5.56 Å². The highest BCUT2D eigenvalue weighted by Crippen LogP contribution is 2.38. The van der Waals surface area contributed by atoms with Crippen LogP contribution in [0.15, 0.2) is 77.6 Å². The van der Waals surface area contributed by atoms with Crippen molar-refractivity contribution in [1.82, 2.24) is 9.55 Å². The molecule has 0 radical (unpaired) electrons. The van der Waals surface area contributed by atoms with Crippen LogP contribution in [0.3, 0.4) is 0 Å². The molecule has 1 atom stereocenters. The Morgan fingerprint density at radius 1 is 0.933 bits per heavy atom. The first-order valence-electron chi connectivity index (χ1n) is 9.67. The highest BCUT2D eigenvalue weighted by molar-refractivity contribution is 6.30. The van der Waals surface area contributed by atoms with E-state index in [1.165, 1.54) is 0 Å². The molecule has 6 heteroatoms. The number of carbonyl (C=O) groups is 1. The van der Waals surface area contributed by atoms with E-state index in [1.807, 2.05) is 42.5 Å². The number of fused-ring (bicyclic) bond motifs is 2. The third-order valence-corrected chi connectivity index (χ3v) is 5.87. The van der Waals surface area contributed by atoms with E-state index in [0.29, 0.717) is 33.9 Å². The number of rotatable bonds is 3. The van der Waals surface area contributed by atoms with Crippen LogP contribution < -0.4 is 10.5 Å². The Hall–Kier alpha value is -3.44. The molecule has 30 heavy (non-hydrogen) atoms. The monoisotopic (exact) mass is 415 g/mol. The van der Waals surface area contributed by atoms with Crippen LogP contribution in [-0.4, -0.2) is 22.5 Å². The third kappa shape index (κ3) is 2.90. The standard InChI is InChI=1S/C24H18ClN3O2/c1-27-21-9-5-3-6-17(21)19(23(27)29)14-22-26-20-8-4-2-7-18(20)24(30)28(22)16-12-10-15(25)11-13-16/h2-13,19H,14H2,1H3/t19-/m0/s1. The number of likely N-dealkylation sites (N-methyl/N-ethyl adjacent to an activating group) is 1. The van der Waals surface area contributed by atoms with E-state index in [2.05, 4.69) is 0 Å². The molecule has 4 aromatic rings. The van der Waals surface area contributed by atoms with Crippen molar-refractivity contribution in [2.24, 2.45) is 0 Å². The van der Waals surface area contributed by atoms with Crippen molar-refractivity contribution < 1.29 is 4.79 Å². The normalized spacial score (nSPS) is 15.6. The molecule has 0 bridgehead atoms. The first-order chi connectivity index (χ1) is 14.5. The number of amides is 1. The minimum Gasteiger partial charge on any atom is -0.315 e. The zero-order chi connectivity index (χ0) is 20.8. The van der Waals surface area contributed by atoms with Crippen LogP contribution in [0, 0.1) is 0 Å². The van der Waals surface area contributed by atoms with Crippen LogP contribution in [0.1, 0.15) is 17.3 Å². The Morgan fingerprint density at radius 3 is 2.43 bits per heavy atom. The van der Waals surface area contributed by atoms with E-state index in [0.717, 1.165) is 11.3 Å². The molecule has 1 aromatic heterocycles. The largest absolute Gasteiger partial charge is 0.315 e. The molecule has 5 nitrogen and oxygen atoms in total. The second-order valence-corrected chi connectivity index (χ2v) is 7.81. The fourth-order valence-electron chi connectivity index (χ4n) is 4.13. The van der Waals surface area contributed by atoms with Crippen LogP contribution in [0.4, 0.5) is 5.69 Å². The van der Waals surface area contributed by atoms with Gasteiger partial charge in [0.1, 0.15) is 5.82 Å². The summed E-state index contributed by atoms with van der Waals surface area (Å²) in [7, 11) is 1.78. The molecule has 0 saturated carbocycles. The van der Waals surface area contributed by atoms with Gasteiger partial charge in [-0.05, 0) is 48.0 Å². The Labute approximate surface area is 178 Å². The quantitative estimate of drug-likeness (QED) is 0.500. The van der Waals surface area contributed by atoms with E-state index in [1.54, 1.807) is 46.8 Å². The Morgan fingerprint density at radius 2 is 1.63 bits per heavy atom. The minimum absolute atomic E-state index is 0.00117. The van der Waals surface area contributed by atoms with Crippen molar-refractivity contribution in [2.45, 2.75) is 12.3 Å². The van der Waals surface area contributed by atoms with E-state index >= 15 is 0 Å². The lowest BCUT2D eigenvalue weighted by atomic mass is 9.96. The predicted molar refractivity (Wildman–Crippen MR) is 119 cm³/mol. The summed E-state index contributed by atoms with van der Waals surface area (Å²) in [5.74, 6) is 0.156. The average Bonchev–Trinajstić information content (AvgIpc) is 3.00. The summed E-state index contributed by atoms with van der Waals surface area (Å²) < 4.78 is 1.59. The smallest absolute Gasteiger partial charge is 0.265 e. The maximum Gasteiger partial charge on any atom is 0.265 e. The molecule has 0 N–H and O–H groups in total. The van der Waals surface area contributed by atoms with E-state index in [4.69, 9.17) is 16.6 Å². The summed E-state index contributed by atoms with van der Waals surface area (Å²) >= 11 is 6.05. The lowest BCUT2D eigenvalue weighted by Gasteiger charge is -2.16. The SMILES string of the molecule is CN1C(=O)[C@@H](Cc2nc3ccccc3c(=O)n2-c2ccc(Cl)cc2)c2ccccc21. The molecule has 1 aliphatic rings. The molecule has 0 saturated heterocycles. The summed E-state index contributed by atoms with van der Waals surface area (Å²) in [4.78, 5) is 32.9. The van der Waals surface area contributed by atoms with Gasteiger partial charge in [-0.15, -0.1) is 0 Å². The molecular formula is C24H18ClN3O2. The number of para-hydroxylation sites is 2. The van der Waals surface area contributed by atoms with Gasteiger partial charge in [-0.25, -0.2) is 4.98 Å². The molecule has 2 heterocycles. The van der Waals surface area contributed by atoms with Gasteiger partial charge < -0.3 is 4.90 Å². The number of anilines is 1. The number of hydrogen-bond acceptors (Lipinski definition) is 3. The van der Waals surface area contributed by atoms with Crippen LogP contribution >= 0.6 is 11.6 Å². The average molecular weight is 416 g/mol. The van der Waals surface area contributed by atoms with Crippen molar-refractivity contribution in [3.05, 3.63) is 99.6 Å². The van der Waals surface area contributed by atoms with Crippen molar-refractivity contribution in [3.8, 4) is 5.69 Å². The van der Waals surface area contributed by atoms with E-state index in [9.17, 15) is 9.59 Å². The van der Waals surface area contributed by atoms with Gasteiger partial charge in [-0.1, -0.05) is 41.9 Å². The van der Waals surface area contributed by atoms with Gasteiger partial charge in [0.2, 0.25) is 5.91 Å². The molecule has 0 fully saturated rings. The first-order valence-corrected chi connectivity index (χ1v) is 10.1. The molecule has 1 aliphatic heterocycles. The fraction of sp³-hybridized carbons (Fsp3) is 0.125. The van der Waals surface area contributed by atoms with Crippen LogP contribution in [0.2, 0.25) is 5.02 Å². The lowest BCUT2D eigenvalue weighted by molar-refractivity contribution is -0.119. The van der Waals surface area contributed by atoms with E-state index in [-0.39, 0.29) is 11.5 Å². The molecule has 3 aromatic carbocycles. The summed E-state index contributed by atoms with van der Waals surface area (Å²) in [5, 5.41) is 1.12. The molecule has 5 rings (SSSR count). The number of hydrogen-bond donors (Lipinski definition) is 0. The van der Waals surface area contributed by atoms with E-state index < -0.39 is 5.92 Å². The Balaban J connectivity index is 1.71.